The molecular formula is C11H18N4O4. The second-order valence-corrected chi connectivity index (χ2v) is 3.93. The number of ether oxygens (including phenoxy) is 1. The number of urea groups is 1. The second-order valence-electron chi connectivity index (χ2n) is 3.93. The van der Waals surface area contributed by atoms with Gasteiger partial charge >= 0.3 is 12.0 Å². The minimum atomic E-state index is -0.829. The van der Waals surface area contributed by atoms with Crippen LogP contribution in [0.2, 0.25) is 0 Å². The normalized spacial score (nSPS) is 10.0. The van der Waals surface area contributed by atoms with E-state index in [0.29, 0.717) is 31.1 Å². The van der Waals surface area contributed by atoms with Crippen LogP contribution in [0.3, 0.4) is 0 Å². The van der Waals surface area contributed by atoms with Gasteiger partial charge < -0.3 is 15.2 Å². The number of carboxylic acid groups (broad SMARTS) is 1. The van der Waals surface area contributed by atoms with Crippen LogP contribution < -0.4 is 15.4 Å². The van der Waals surface area contributed by atoms with E-state index in [0.717, 1.165) is 0 Å². The summed E-state index contributed by atoms with van der Waals surface area (Å²) in [5.74, 6) is 0.101. The maximum atomic E-state index is 11.5. The summed E-state index contributed by atoms with van der Waals surface area (Å²) in [5.41, 5.74) is 0. The molecule has 0 aliphatic heterocycles. The summed E-state index contributed by atoms with van der Waals surface area (Å²) in [4.78, 5) is 21.8. The van der Waals surface area contributed by atoms with Gasteiger partial charge in [-0.15, -0.1) is 0 Å². The highest BCUT2D eigenvalue weighted by Crippen LogP contribution is 2.14. The molecule has 0 aliphatic carbocycles. The van der Waals surface area contributed by atoms with Crippen LogP contribution in [0.15, 0.2) is 6.07 Å². The van der Waals surface area contributed by atoms with Crippen LogP contribution in [-0.4, -0.2) is 40.5 Å². The number of rotatable bonds is 7. The molecule has 0 spiro atoms. The molecule has 0 radical (unpaired) electrons. The predicted molar refractivity (Wildman–Crippen MR) is 68.3 cm³/mol. The minimum absolute atomic E-state index is 0.112. The minimum Gasteiger partial charge on any atom is -0.481 e. The highest BCUT2D eigenvalue weighted by Gasteiger charge is 2.07. The third-order valence-corrected chi connectivity index (χ3v) is 2.39. The summed E-state index contributed by atoms with van der Waals surface area (Å²) in [5, 5.41) is 17.7. The number of methoxy groups -OCH3 is 1. The lowest BCUT2D eigenvalue weighted by Crippen LogP contribution is -2.29. The summed E-state index contributed by atoms with van der Waals surface area (Å²) in [7, 11) is 3.22. The Hall–Kier alpha value is -2.25. The number of aryl methyl sites for hydroxylation is 1. The number of carboxylic acids is 1. The number of hydrogen-bond donors (Lipinski definition) is 3. The van der Waals surface area contributed by atoms with Gasteiger partial charge in [0.15, 0.2) is 5.82 Å². The van der Waals surface area contributed by atoms with Gasteiger partial charge in [-0.3, -0.25) is 10.1 Å². The second kappa shape index (κ2) is 7.24. The van der Waals surface area contributed by atoms with Crippen molar-refractivity contribution in [1.29, 1.82) is 0 Å². The monoisotopic (exact) mass is 270 g/mol. The molecule has 0 saturated carbocycles. The topological polar surface area (TPSA) is 105 Å². The molecule has 0 aromatic carbocycles. The van der Waals surface area contributed by atoms with Crippen molar-refractivity contribution in [2.75, 3.05) is 19.0 Å². The fraction of sp³-hybridized carbons (Fsp3) is 0.545. The molecule has 0 fully saturated rings. The number of carbonyl (C=O) groups is 2. The van der Waals surface area contributed by atoms with Crippen molar-refractivity contribution < 1.29 is 19.4 Å². The van der Waals surface area contributed by atoms with Crippen molar-refractivity contribution in [3.8, 4) is 5.88 Å². The van der Waals surface area contributed by atoms with E-state index in [1.807, 2.05) is 0 Å². The number of carbonyl (C=O) groups excluding carboxylic acids is 1. The molecule has 2 amide bonds. The maximum absolute atomic E-state index is 11.5. The Morgan fingerprint density at radius 2 is 2.21 bits per heavy atom. The van der Waals surface area contributed by atoms with Gasteiger partial charge in [0.2, 0.25) is 5.88 Å². The van der Waals surface area contributed by atoms with Gasteiger partial charge in [-0.05, 0) is 12.8 Å². The first kappa shape index (κ1) is 14.8. The summed E-state index contributed by atoms with van der Waals surface area (Å²) >= 11 is 0. The van der Waals surface area contributed by atoms with E-state index in [-0.39, 0.29) is 12.5 Å². The molecule has 0 unspecified atom stereocenters. The maximum Gasteiger partial charge on any atom is 0.320 e. The van der Waals surface area contributed by atoms with Gasteiger partial charge in [0.1, 0.15) is 0 Å². The SMILES string of the molecule is COc1cc(NC(=O)NCCCCC(=O)O)nn1C. The van der Waals surface area contributed by atoms with E-state index in [2.05, 4.69) is 15.7 Å². The molecule has 1 heterocycles. The molecule has 8 nitrogen and oxygen atoms in total. The van der Waals surface area contributed by atoms with Gasteiger partial charge in [0, 0.05) is 26.1 Å². The first-order valence-electron chi connectivity index (χ1n) is 5.87. The zero-order valence-electron chi connectivity index (χ0n) is 11.0. The van der Waals surface area contributed by atoms with Crippen molar-refractivity contribution in [1.82, 2.24) is 15.1 Å². The molecule has 0 saturated heterocycles. The Morgan fingerprint density at radius 1 is 1.47 bits per heavy atom. The lowest BCUT2D eigenvalue weighted by Gasteiger charge is -2.04. The summed E-state index contributed by atoms with van der Waals surface area (Å²) in [6, 6.07) is 1.22. The Morgan fingerprint density at radius 3 is 2.79 bits per heavy atom. The summed E-state index contributed by atoms with van der Waals surface area (Å²) in [6.45, 7) is 0.420. The van der Waals surface area contributed by atoms with Crippen LogP contribution in [0, 0.1) is 0 Å². The van der Waals surface area contributed by atoms with Crippen molar-refractivity contribution in [3.63, 3.8) is 0 Å². The number of anilines is 1. The van der Waals surface area contributed by atoms with Crippen molar-refractivity contribution in [2.24, 2.45) is 7.05 Å². The lowest BCUT2D eigenvalue weighted by molar-refractivity contribution is -0.137. The van der Waals surface area contributed by atoms with Crippen molar-refractivity contribution in [2.45, 2.75) is 19.3 Å². The quantitative estimate of drug-likeness (QED) is 0.636. The average Bonchev–Trinajstić information content (AvgIpc) is 2.68. The van der Waals surface area contributed by atoms with E-state index in [4.69, 9.17) is 9.84 Å². The van der Waals surface area contributed by atoms with E-state index in [1.165, 1.54) is 11.8 Å². The fourth-order valence-corrected chi connectivity index (χ4v) is 1.47. The van der Waals surface area contributed by atoms with E-state index < -0.39 is 5.97 Å². The average molecular weight is 270 g/mol. The van der Waals surface area contributed by atoms with Gasteiger partial charge in [0.05, 0.1) is 7.11 Å². The number of unbranched alkanes of at least 4 members (excludes halogenated alkanes) is 1. The van der Waals surface area contributed by atoms with Gasteiger partial charge in [-0.1, -0.05) is 0 Å². The largest absolute Gasteiger partial charge is 0.481 e. The van der Waals surface area contributed by atoms with Crippen molar-refractivity contribution in [3.05, 3.63) is 6.07 Å². The molecule has 0 aliphatic rings. The van der Waals surface area contributed by atoms with Crippen LogP contribution in [-0.2, 0) is 11.8 Å². The van der Waals surface area contributed by atoms with Crippen LogP contribution >= 0.6 is 0 Å². The summed E-state index contributed by atoms with van der Waals surface area (Å²) < 4.78 is 6.52. The van der Waals surface area contributed by atoms with Gasteiger partial charge in [0.25, 0.3) is 0 Å². The highest BCUT2D eigenvalue weighted by molar-refractivity contribution is 5.88. The number of nitrogens with zero attached hydrogens (tertiary/aromatic N) is 2. The highest BCUT2D eigenvalue weighted by atomic mass is 16.5. The Balaban J connectivity index is 2.25. The summed E-state index contributed by atoms with van der Waals surface area (Å²) in [6.07, 6.45) is 1.26. The number of hydrogen-bond acceptors (Lipinski definition) is 4. The first-order chi connectivity index (χ1) is 9.02. The number of nitrogens with one attached hydrogen (secondary N) is 2. The number of aromatic nitrogens is 2. The zero-order chi connectivity index (χ0) is 14.3. The van der Waals surface area contributed by atoms with E-state index in [9.17, 15) is 9.59 Å². The van der Waals surface area contributed by atoms with E-state index in [1.54, 1.807) is 13.1 Å². The molecule has 1 rings (SSSR count). The molecular weight excluding hydrogens is 252 g/mol. The van der Waals surface area contributed by atoms with E-state index >= 15 is 0 Å². The molecule has 8 heteroatoms. The Bertz CT molecular complexity index is 444. The molecule has 0 bridgehead atoms. The fourth-order valence-electron chi connectivity index (χ4n) is 1.47. The molecule has 106 valence electrons. The van der Waals surface area contributed by atoms with Crippen LogP contribution in [0.25, 0.3) is 0 Å². The number of amides is 2. The standard InChI is InChI=1S/C11H18N4O4/c1-15-9(19-2)7-8(14-15)13-11(18)12-6-4-3-5-10(16)17/h7H,3-6H2,1-2H3,(H,16,17)(H2,12,13,14,18). The Labute approximate surface area is 110 Å². The number of aliphatic carboxylic acids is 1. The van der Waals surface area contributed by atoms with Crippen LogP contribution in [0.1, 0.15) is 19.3 Å². The van der Waals surface area contributed by atoms with Gasteiger partial charge in [-0.2, -0.15) is 5.10 Å². The lowest BCUT2D eigenvalue weighted by atomic mass is 10.2. The molecule has 3 N–H and O–H groups in total. The smallest absolute Gasteiger partial charge is 0.320 e. The Kier molecular flexibility index (Phi) is 5.65. The molecule has 1 aromatic rings. The van der Waals surface area contributed by atoms with Crippen LogP contribution in [0.5, 0.6) is 5.88 Å². The molecule has 1 aromatic heterocycles. The van der Waals surface area contributed by atoms with Crippen molar-refractivity contribution >= 4 is 17.8 Å². The zero-order valence-corrected chi connectivity index (χ0v) is 11.0. The van der Waals surface area contributed by atoms with Crippen LogP contribution in [0.4, 0.5) is 10.6 Å². The third kappa shape index (κ3) is 5.28. The predicted octanol–water partition coefficient (Wildman–Crippen LogP) is 0.805. The first-order valence-corrected chi connectivity index (χ1v) is 5.87. The third-order valence-electron chi connectivity index (χ3n) is 2.39. The molecule has 0 atom stereocenters. The van der Waals surface area contributed by atoms with Gasteiger partial charge in [-0.25, -0.2) is 9.48 Å². The molecule has 19 heavy (non-hydrogen) atoms.